The Morgan fingerprint density at radius 2 is 2.04 bits per heavy atom. The number of aryl methyl sites for hydroxylation is 1. The molecule has 27 heavy (non-hydrogen) atoms. The number of hydrogen-bond acceptors (Lipinski definition) is 5. The van der Waals surface area contributed by atoms with Crippen molar-refractivity contribution >= 4 is 27.5 Å². The van der Waals surface area contributed by atoms with E-state index in [-0.39, 0.29) is 11.5 Å². The smallest absolute Gasteiger partial charge is 0.262 e. The van der Waals surface area contributed by atoms with Crippen molar-refractivity contribution in [3.63, 3.8) is 0 Å². The molecular weight excluding hydrogens is 362 g/mol. The van der Waals surface area contributed by atoms with Crippen molar-refractivity contribution in [1.29, 1.82) is 0 Å². The van der Waals surface area contributed by atoms with E-state index in [2.05, 4.69) is 10.3 Å². The van der Waals surface area contributed by atoms with Crippen LogP contribution in [0.15, 0.2) is 64.3 Å². The van der Waals surface area contributed by atoms with E-state index in [0.29, 0.717) is 39.5 Å². The summed E-state index contributed by atoms with van der Waals surface area (Å²) < 4.78 is 6.79. The maximum absolute atomic E-state index is 12.9. The lowest BCUT2D eigenvalue weighted by molar-refractivity contribution is 0.0951. The molecule has 7 heteroatoms. The van der Waals surface area contributed by atoms with Gasteiger partial charge >= 0.3 is 0 Å². The summed E-state index contributed by atoms with van der Waals surface area (Å²) >= 11 is 1.23. The van der Waals surface area contributed by atoms with E-state index in [4.69, 9.17) is 4.42 Å². The molecule has 0 radical (unpaired) electrons. The van der Waals surface area contributed by atoms with Gasteiger partial charge in [-0.15, -0.1) is 11.3 Å². The normalized spacial score (nSPS) is 11.0. The maximum Gasteiger partial charge on any atom is 0.262 e. The number of carbonyl (C=O) groups is 1. The molecular formula is C20H17N3O3S. The lowest BCUT2D eigenvalue weighted by Gasteiger charge is -2.05. The van der Waals surface area contributed by atoms with Crippen molar-refractivity contribution in [2.75, 3.05) is 0 Å². The third-order valence-electron chi connectivity index (χ3n) is 4.32. The van der Waals surface area contributed by atoms with Crippen molar-refractivity contribution in [1.82, 2.24) is 14.9 Å². The van der Waals surface area contributed by atoms with Crippen LogP contribution >= 0.6 is 11.3 Å². The number of benzene rings is 1. The number of furan rings is 1. The summed E-state index contributed by atoms with van der Waals surface area (Å²) in [6, 6.07) is 13.3. The Labute approximate surface area is 159 Å². The molecule has 0 saturated carbocycles. The van der Waals surface area contributed by atoms with Gasteiger partial charge in [0.05, 0.1) is 35.9 Å². The minimum Gasteiger partial charge on any atom is -0.467 e. The highest BCUT2D eigenvalue weighted by Crippen LogP contribution is 2.26. The fourth-order valence-corrected chi connectivity index (χ4v) is 3.99. The van der Waals surface area contributed by atoms with Gasteiger partial charge < -0.3 is 9.73 Å². The Balaban J connectivity index is 1.64. The van der Waals surface area contributed by atoms with Gasteiger partial charge in [-0.1, -0.05) is 30.3 Å². The third kappa shape index (κ3) is 3.41. The number of rotatable bonds is 5. The Morgan fingerprint density at radius 1 is 1.22 bits per heavy atom. The SMILES string of the molecule is Cc1c(C(=O)NCc2ccco2)sc2ncn(Cc3ccccc3)c(=O)c12. The van der Waals surface area contributed by atoms with E-state index in [1.165, 1.54) is 17.7 Å². The largest absolute Gasteiger partial charge is 0.467 e. The first-order valence-electron chi connectivity index (χ1n) is 8.46. The first-order chi connectivity index (χ1) is 13.1. The van der Waals surface area contributed by atoms with Crippen LogP contribution in [0.3, 0.4) is 0 Å². The van der Waals surface area contributed by atoms with Crippen LogP contribution in [-0.4, -0.2) is 15.5 Å². The van der Waals surface area contributed by atoms with Crippen LogP contribution in [0, 0.1) is 6.92 Å². The molecule has 0 fully saturated rings. The standard InChI is InChI=1S/C20H17N3O3S/c1-13-16-19(27-17(13)18(24)21-10-15-8-5-9-26-15)22-12-23(20(16)25)11-14-6-3-2-4-7-14/h2-9,12H,10-11H2,1H3,(H,21,24). The Bertz CT molecular complexity index is 1140. The second-order valence-electron chi connectivity index (χ2n) is 6.16. The molecule has 0 atom stereocenters. The molecule has 136 valence electrons. The van der Waals surface area contributed by atoms with Crippen LogP contribution in [-0.2, 0) is 13.1 Å². The fraction of sp³-hybridized carbons (Fsp3) is 0.150. The molecule has 0 spiro atoms. The molecule has 1 amide bonds. The van der Waals surface area contributed by atoms with Gasteiger partial charge in [0.1, 0.15) is 10.6 Å². The first kappa shape index (κ1) is 17.2. The van der Waals surface area contributed by atoms with Crippen LogP contribution < -0.4 is 10.9 Å². The molecule has 0 aliphatic carbocycles. The minimum atomic E-state index is -0.235. The summed E-state index contributed by atoms with van der Waals surface area (Å²) in [5.74, 6) is 0.436. The second-order valence-corrected chi connectivity index (χ2v) is 7.16. The minimum absolute atomic E-state index is 0.136. The number of thiophene rings is 1. The maximum atomic E-state index is 12.9. The van der Waals surface area contributed by atoms with E-state index in [1.54, 1.807) is 29.9 Å². The predicted molar refractivity (Wildman–Crippen MR) is 104 cm³/mol. The zero-order chi connectivity index (χ0) is 18.8. The van der Waals surface area contributed by atoms with Crippen LogP contribution in [0.4, 0.5) is 0 Å². The Hall–Kier alpha value is -3.19. The summed E-state index contributed by atoms with van der Waals surface area (Å²) in [7, 11) is 0. The van der Waals surface area contributed by atoms with Gasteiger partial charge in [0.25, 0.3) is 11.5 Å². The Morgan fingerprint density at radius 3 is 2.78 bits per heavy atom. The lowest BCUT2D eigenvalue weighted by atomic mass is 10.2. The van der Waals surface area contributed by atoms with Crippen molar-refractivity contribution in [2.24, 2.45) is 0 Å². The summed E-state index contributed by atoms with van der Waals surface area (Å²) in [4.78, 5) is 30.9. The number of hydrogen-bond donors (Lipinski definition) is 1. The van der Waals surface area contributed by atoms with Crippen LogP contribution in [0.5, 0.6) is 0 Å². The van der Waals surface area contributed by atoms with Crippen LogP contribution in [0.2, 0.25) is 0 Å². The van der Waals surface area contributed by atoms with Crippen molar-refractivity contribution in [3.05, 3.63) is 87.2 Å². The summed E-state index contributed by atoms with van der Waals surface area (Å²) in [6.07, 6.45) is 3.10. The highest BCUT2D eigenvalue weighted by molar-refractivity contribution is 7.20. The summed E-state index contributed by atoms with van der Waals surface area (Å²) in [5.41, 5.74) is 1.54. The van der Waals surface area contributed by atoms with Gasteiger partial charge in [-0.2, -0.15) is 0 Å². The number of nitrogens with zero attached hydrogens (tertiary/aromatic N) is 2. The third-order valence-corrected chi connectivity index (χ3v) is 5.52. The molecule has 0 unspecified atom stereocenters. The fourth-order valence-electron chi connectivity index (χ4n) is 2.93. The van der Waals surface area contributed by atoms with Gasteiger partial charge in [0.15, 0.2) is 0 Å². The van der Waals surface area contributed by atoms with Gasteiger partial charge in [-0.25, -0.2) is 4.98 Å². The number of nitrogens with one attached hydrogen (secondary N) is 1. The molecule has 4 aromatic rings. The molecule has 1 aromatic carbocycles. The number of amides is 1. The van der Waals surface area contributed by atoms with E-state index in [9.17, 15) is 9.59 Å². The Kier molecular flexibility index (Phi) is 4.60. The van der Waals surface area contributed by atoms with Gasteiger partial charge in [0, 0.05) is 0 Å². The highest BCUT2D eigenvalue weighted by atomic mass is 32.1. The molecule has 4 rings (SSSR count). The zero-order valence-electron chi connectivity index (χ0n) is 14.6. The van der Waals surface area contributed by atoms with Gasteiger partial charge in [-0.05, 0) is 30.2 Å². The van der Waals surface area contributed by atoms with Crippen LogP contribution in [0.25, 0.3) is 10.2 Å². The zero-order valence-corrected chi connectivity index (χ0v) is 15.5. The molecule has 0 aliphatic heterocycles. The molecule has 0 bridgehead atoms. The van der Waals surface area contributed by atoms with Gasteiger partial charge in [0.2, 0.25) is 0 Å². The molecule has 3 heterocycles. The molecule has 1 N–H and O–H groups in total. The topological polar surface area (TPSA) is 77.1 Å². The molecule has 6 nitrogen and oxygen atoms in total. The quantitative estimate of drug-likeness (QED) is 0.577. The second kappa shape index (κ2) is 7.20. The molecule has 0 aliphatic rings. The number of fused-ring (bicyclic) bond motifs is 1. The number of carbonyl (C=O) groups excluding carboxylic acids is 1. The molecule has 3 aromatic heterocycles. The number of aromatic nitrogens is 2. The summed E-state index contributed by atoms with van der Waals surface area (Å²) in [6.45, 7) is 2.53. The average Bonchev–Trinajstić information content (AvgIpc) is 3.31. The lowest BCUT2D eigenvalue weighted by Crippen LogP contribution is -2.23. The first-order valence-corrected chi connectivity index (χ1v) is 9.28. The van der Waals surface area contributed by atoms with E-state index >= 15 is 0 Å². The van der Waals surface area contributed by atoms with E-state index < -0.39 is 0 Å². The summed E-state index contributed by atoms with van der Waals surface area (Å²) in [5, 5.41) is 3.32. The van der Waals surface area contributed by atoms with Crippen molar-refractivity contribution in [2.45, 2.75) is 20.0 Å². The average molecular weight is 379 g/mol. The van der Waals surface area contributed by atoms with Crippen molar-refractivity contribution in [3.8, 4) is 0 Å². The van der Waals surface area contributed by atoms with E-state index in [0.717, 1.165) is 5.56 Å². The van der Waals surface area contributed by atoms with Crippen LogP contribution in [0.1, 0.15) is 26.6 Å². The van der Waals surface area contributed by atoms with E-state index in [1.807, 2.05) is 30.3 Å². The predicted octanol–water partition coefficient (Wildman–Crippen LogP) is 3.34. The molecule has 0 saturated heterocycles. The van der Waals surface area contributed by atoms with Crippen molar-refractivity contribution < 1.29 is 9.21 Å². The van der Waals surface area contributed by atoms with Gasteiger partial charge in [-0.3, -0.25) is 14.2 Å². The highest BCUT2D eigenvalue weighted by Gasteiger charge is 2.19. The monoisotopic (exact) mass is 379 g/mol.